The third-order valence-corrected chi connectivity index (χ3v) is 4.07. The summed E-state index contributed by atoms with van der Waals surface area (Å²) in [6.45, 7) is 2.38. The molecule has 3 rings (SSSR count). The minimum atomic E-state index is -0.961. The molecule has 0 aliphatic carbocycles. The normalized spacial score (nSPS) is 17.9. The van der Waals surface area contributed by atoms with E-state index >= 15 is 0 Å². The molecular formula is C18H17N4O2S+. The fourth-order valence-electron chi connectivity index (χ4n) is 2.46. The van der Waals surface area contributed by atoms with Gasteiger partial charge in [-0.2, -0.15) is 0 Å². The number of nitrogens with zero attached hydrogens (tertiary/aromatic N) is 2. The Morgan fingerprint density at radius 1 is 1.24 bits per heavy atom. The molecule has 2 N–H and O–H groups in total. The predicted molar refractivity (Wildman–Crippen MR) is 97.9 cm³/mol. The first-order valence-electron chi connectivity index (χ1n) is 7.78. The molecule has 25 heavy (non-hydrogen) atoms. The van der Waals surface area contributed by atoms with Crippen LogP contribution >= 0.6 is 12.2 Å². The minimum Gasteiger partial charge on any atom is -0.301 e. The number of nitrogens with one attached hydrogen (secondary N) is 2. The van der Waals surface area contributed by atoms with Crippen LogP contribution in [-0.4, -0.2) is 28.1 Å². The number of carbonyl (C=O) groups excluding carboxylic acids is 2. The lowest BCUT2D eigenvalue weighted by Crippen LogP contribution is -2.71. The van der Waals surface area contributed by atoms with Gasteiger partial charge in [0.15, 0.2) is 23.8 Å². The molecule has 126 valence electrons. The molecule has 1 atom stereocenters. The van der Waals surface area contributed by atoms with E-state index in [4.69, 9.17) is 12.2 Å². The van der Waals surface area contributed by atoms with Gasteiger partial charge in [0.2, 0.25) is 5.91 Å². The molecule has 2 amide bonds. The van der Waals surface area contributed by atoms with E-state index in [1.54, 1.807) is 18.3 Å². The van der Waals surface area contributed by atoms with E-state index in [-0.39, 0.29) is 11.0 Å². The zero-order valence-corrected chi connectivity index (χ0v) is 14.4. The van der Waals surface area contributed by atoms with E-state index in [2.05, 4.69) is 15.3 Å². The number of thiocarbonyl (C=S) groups is 1. The monoisotopic (exact) mass is 353 g/mol. The van der Waals surface area contributed by atoms with Crippen molar-refractivity contribution in [3.8, 4) is 0 Å². The molecule has 2 heterocycles. The van der Waals surface area contributed by atoms with Gasteiger partial charge >= 0.3 is 0 Å². The lowest BCUT2D eigenvalue weighted by molar-refractivity contribution is -0.472. The smallest absolute Gasteiger partial charge is 0.256 e. The highest BCUT2D eigenvalue weighted by atomic mass is 32.1. The average Bonchev–Trinajstić information content (AvgIpc) is 2.60. The van der Waals surface area contributed by atoms with Crippen molar-refractivity contribution in [1.82, 2.24) is 10.3 Å². The molecule has 0 unspecified atom stereocenters. The Labute approximate surface area is 150 Å². The SMILES string of the molecule is Cc1ccc(N2C(=O)[C@@H](C=[NH+]Cc3ccccn3)C(=O)NC2=S)cc1. The molecule has 0 bridgehead atoms. The molecule has 6 nitrogen and oxygen atoms in total. The predicted octanol–water partition coefficient (Wildman–Crippen LogP) is 0.106. The molecule has 1 saturated heterocycles. The first kappa shape index (κ1) is 16.9. The highest BCUT2D eigenvalue weighted by Crippen LogP contribution is 2.20. The summed E-state index contributed by atoms with van der Waals surface area (Å²) in [5.74, 6) is -1.78. The van der Waals surface area contributed by atoms with Crippen LogP contribution in [0.2, 0.25) is 0 Å². The van der Waals surface area contributed by atoms with Gasteiger partial charge in [0.1, 0.15) is 5.69 Å². The Bertz CT molecular complexity index is 834. The summed E-state index contributed by atoms with van der Waals surface area (Å²) in [6.07, 6.45) is 3.17. The summed E-state index contributed by atoms with van der Waals surface area (Å²) in [7, 11) is 0. The van der Waals surface area contributed by atoms with Gasteiger partial charge < -0.3 is 5.32 Å². The van der Waals surface area contributed by atoms with E-state index in [9.17, 15) is 9.59 Å². The molecule has 1 fully saturated rings. The maximum Gasteiger partial charge on any atom is 0.256 e. The van der Waals surface area contributed by atoms with Gasteiger partial charge in [0.05, 0.1) is 5.69 Å². The number of aryl methyl sites for hydroxylation is 1. The van der Waals surface area contributed by atoms with Gasteiger partial charge in [-0.3, -0.25) is 19.5 Å². The quantitative estimate of drug-likeness (QED) is 0.465. The van der Waals surface area contributed by atoms with Gasteiger partial charge in [-0.05, 0) is 43.4 Å². The van der Waals surface area contributed by atoms with Crippen LogP contribution in [0.1, 0.15) is 11.3 Å². The Balaban J connectivity index is 1.79. The van der Waals surface area contributed by atoms with Crippen LogP contribution in [0.4, 0.5) is 5.69 Å². The fraction of sp³-hybridized carbons (Fsp3) is 0.167. The number of carbonyl (C=O) groups is 2. The zero-order valence-electron chi connectivity index (χ0n) is 13.6. The number of rotatable bonds is 4. The Kier molecular flexibility index (Phi) is 4.95. The van der Waals surface area contributed by atoms with Crippen molar-refractivity contribution in [2.75, 3.05) is 4.90 Å². The zero-order chi connectivity index (χ0) is 17.8. The molecule has 0 saturated carbocycles. The summed E-state index contributed by atoms with van der Waals surface area (Å²) < 4.78 is 0. The van der Waals surface area contributed by atoms with E-state index in [0.29, 0.717) is 12.2 Å². The summed E-state index contributed by atoms with van der Waals surface area (Å²) in [5.41, 5.74) is 2.51. The van der Waals surface area contributed by atoms with Crippen LogP contribution in [0.25, 0.3) is 0 Å². The van der Waals surface area contributed by atoms with Gasteiger partial charge in [-0.1, -0.05) is 23.8 Å². The second kappa shape index (κ2) is 7.31. The van der Waals surface area contributed by atoms with Crippen LogP contribution in [0.3, 0.4) is 0 Å². The summed E-state index contributed by atoms with van der Waals surface area (Å²) >= 11 is 5.17. The average molecular weight is 353 g/mol. The summed E-state index contributed by atoms with van der Waals surface area (Å²) in [4.78, 5) is 33.4. The summed E-state index contributed by atoms with van der Waals surface area (Å²) in [6, 6.07) is 12.9. The van der Waals surface area contributed by atoms with E-state index in [0.717, 1.165) is 11.3 Å². The second-order valence-electron chi connectivity index (χ2n) is 5.65. The van der Waals surface area contributed by atoms with E-state index < -0.39 is 11.8 Å². The van der Waals surface area contributed by atoms with Gasteiger partial charge in [-0.25, -0.2) is 4.99 Å². The number of pyridine rings is 1. The first-order valence-corrected chi connectivity index (χ1v) is 8.19. The lowest BCUT2D eigenvalue weighted by atomic mass is 10.1. The fourth-order valence-corrected chi connectivity index (χ4v) is 2.76. The van der Waals surface area contributed by atoms with Crippen LogP contribution in [0.5, 0.6) is 0 Å². The maximum absolute atomic E-state index is 12.8. The molecule has 0 spiro atoms. The molecular weight excluding hydrogens is 336 g/mol. The van der Waals surface area contributed by atoms with Crippen LogP contribution in [0.15, 0.2) is 48.7 Å². The van der Waals surface area contributed by atoms with Crippen LogP contribution < -0.4 is 15.2 Å². The van der Waals surface area contributed by atoms with Crippen molar-refractivity contribution in [3.63, 3.8) is 0 Å². The molecule has 1 aliphatic rings. The third kappa shape index (κ3) is 3.77. The van der Waals surface area contributed by atoms with E-state index in [1.807, 2.05) is 37.3 Å². The van der Waals surface area contributed by atoms with Gasteiger partial charge in [0.25, 0.3) is 5.91 Å². The van der Waals surface area contributed by atoms with Crippen LogP contribution in [-0.2, 0) is 16.1 Å². The minimum absolute atomic E-state index is 0.0910. The molecule has 1 aliphatic heterocycles. The highest BCUT2D eigenvalue weighted by molar-refractivity contribution is 7.80. The maximum atomic E-state index is 12.8. The molecule has 7 heteroatoms. The van der Waals surface area contributed by atoms with Crippen molar-refractivity contribution in [2.45, 2.75) is 13.5 Å². The van der Waals surface area contributed by atoms with Gasteiger partial charge in [0, 0.05) is 6.20 Å². The topological polar surface area (TPSA) is 76.3 Å². The largest absolute Gasteiger partial charge is 0.301 e. The van der Waals surface area contributed by atoms with Crippen molar-refractivity contribution >= 4 is 41.0 Å². The number of anilines is 1. The van der Waals surface area contributed by atoms with Crippen molar-refractivity contribution in [3.05, 3.63) is 59.9 Å². The Morgan fingerprint density at radius 3 is 2.68 bits per heavy atom. The Morgan fingerprint density at radius 2 is 2.00 bits per heavy atom. The number of amides is 2. The Hall–Kier alpha value is -2.93. The third-order valence-electron chi connectivity index (χ3n) is 3.79. The van der Waals surface area contributed by atoms with Crippen LogP contribution in [0, 0.1) is 12.8 Å². The van der Waals surface area contributed by atoms with E-state index in [1.165, 1.54) is 11.1 Å². The number of hydrogen-bond donors (Lipinski definition) is 2. The van der Waals surface area contributed by atoms with Gasteiger partial charge in [-0.15, -0.1) is 0 Å². The standard InChI is InChI=1S/C18H16N4O2S/c1-12-5-7-14(8-6-12)22-17(24)15(16(23)21-18(22)25)11-19-10-13-4-2-3-9-20-13/h2-9,11,15H,10H2,1H3,(H,21,23,25)/p+1/t15-/m0/s1. The number of benzene rings is 1. The number of hydrogen-bond acceptors (Lipinski definition) is 4. The van der Waals surface area contributed by atoms with Crippen molar-refractivity contribution in [2.24, 2.45) is 5.92 Å². The highest BCUT2D eigenvalue weighted by Gasteiger charge is 2.40. The lowest BCUT2D eigenvalue weighted by Gasteiger charge is -2.30. The molecule has 0 radical (unpaired) electrons. The second-order valence-corrected chi connectivity index (χ2v) is 6.04. The van der Waals surface area contributed by atoms with Crippen molar-refractivity contribution in [1.29, 1.82) is 0 Å². The van der Waals surface area contributed by atoms with Crippen molar-refractivity contribution < 1.29 is 14.6 Å². The first-order chi connectivity index (χ1) is 12.1. The molecule has 1 aromatic carbocycles. The number of aromatic nitrogens is 1. The summed E-state index contributed by atoms with van der Waals surface area (Å²) in [5, 5.41) is 2.67. The molecule has 2 aromatic rings. The molecule has 1 aromatic heterocycles.